The predicted octanol–water partition coefficient (Wildman–Crippen LogP) is 5.44. The van der Waals surface area contributed by atoms with Gasteiger partial charge >= 0.3 is 5.97 Å². The van der Waals surface area contributed by atoms with Crippen molar-refractivity contribution in [2.45, 2.75) is 84.0 Å². The lowest BCUT2D eigenvalue weighted by Gasteiger charge is -2.25. The average Bonchev–Trinajstić information content (AvgIpc) is 2.38. The van der Waals surface area contributed by atoms with Crippen molar-refractivity contribution in [1.29, 1.82) is 0 Å². The van der Waals surface area contributed by atoms with Crippen molar-refractivity contribution < 1.29 is 9.90 Å². The number of carboxylic acid groups (broad SMARTS) is 1. The summed E-state index contributed by atoms with van der Waals surface area (Å²) in [5, 5.41) is 8.94. The first-order chi connectivity index (χ1) is 8.74. The molecule has 1 aliphatic rings. The zero-order chi connectivity index (χ0) is 13.2. The number of carboxylic acids is 1. The Hall–Kier alpha value is -0.240. The van der Waals surface area contributed by atoms with Gasteiger partial charge in [0.2, 0.25) is 0 Å². The smallest absolute Gasteiger partial charge is 0.306 e. The van der Waals surface area contributed by atoms with Crippen LogP contribution in [0.1, 0.15) is 84.0 Å². The van der Waals surface area contributed by atoms with Gasteiger partial charge in [-0.3, -0.25) is 4.79 Å². The highest BCUT2D eigenvalue weighted by Gasteiger charge is 2.25. The van der Waals surface area contributed by atoms with E-state index in [0.717, 1.165) is 31.6 Å². The largest absolute Gasteiger partial charge is 0.481 e. The number of rotatable bonds is 9. The molecular formula is C16H31ClO2. The van der Waals surface area contributed by atoms with E-state index in [1.807, 2.05) is 0 Å². The highest BCUT2D eigenvalue weighted by Crippen LogP contribution is 2.32. The molecule has 0 aromatic rings. The van der Waals surface area contributed by atoms with Crippen molar-refractivity contribution in [3.05, 3.63) is 0 Å². The van der Waals surface area contributed by atoms with Crippen LogP contribution >= 0.6 is 12.4 Å². The van der Waals surface area contributed by atoms with E-state index < -0.39 is 5.97 Å². The Morgan fingerprint density at radius 1 is 0.947 bits per heavy atom. The average molecular weight is 291 g/mol. The molecule has 1 saturated carbocycles. The summed E-state index contributed by atoms with van der Waals surface area (Å²) in [5.41, 5.74) is 0. The molecule has 0 aliphatic heterocycles. The normalized spacial score (nSPS) is 22.8. The molecule has 1 aliphatic carbocycles. The summed E-state index contributed by atoms with van der Waals surface area (Å²) in [7, 11) is 0. The lowest BCUT2D eigenvalue weighted by atomic mass is 9.80. The summed E-state index contributed by atoms with van der Waals surface area (Å²) < 4.78 is 0. The van der Waals surface area contributed by atoms with Crippen LogP contribution in [0.5, 0.6) is 0 Å². The Kier molecular flexibility index (Phi) is 11.4. The molecule has 0 aromatic carbocycles. The molecule has 0 radical (unpaired) electrons. The van der Waals surface area contributed by atoms with Crippen LogP contribution in [-0.4, -0.2) is 11.1 Å². The number of hydrogen-bond donors (Lipinski definition) is 1. The van der Waals surface area contributed by atoms with Crippen LogP contribution < -0.4 is 0 Å². The SMILES string of the molecule is CCCCCCCCCC1CCC(C(=O)O)CC1.Cl. The minimum atomic E-state index is -0.579. The van der Waals surface area contributed by atoms with Gasteiger partial charge in [-0.2, -0.15) is 0 Å². The minimum absolute atomic E-state index is 0. The van der Waals surface area contributed by atoms with E-state index in [-0.39, 0.29) is 18.3 Å². The molecule has 1 N–H and O–H groups in total. The van der Waals surface area contributed by atoms with E-state index in [4.69, 9.17) is 5.11 Å². The molecule has 0 bridgehead atoms. The highest BCUT2D eigenvalue weighted by molar-refractivity contribution is 5.85. The molecule has 0 heterocycles. The Labute approximate surface area is 124 Å². The van der Waals surface area contributed by atoms with Gasteiger partial charge in [-0.05, 0) is 31.6 Å². The van der Waals surface area contributed by atoms with E-state index >= 15 is 0 Å². The van der Waals surface area contributed by atoms with Crippen molar-refractivity contribution in [3.8, 4) is 0 Å². The van der Waals surface area contributed by atoms with Crippen LogP contribution in [-0.2, 0) is 4.79 Å². The van der Waals surface area contributed by atoms with Crippen molar-refractivity contribution >= 4 is 18.4 Å². The van der Waals surface area contributed by atoms with Crippen LogP contribution in [0, 0.1) is 11.8 Å². The molecule has 0 atom stereocenters. The topological polar surface area (TPSA) is 37.3 Å². The maximum Gasteiger partial charge on any atom is 0.306 e. The molecule has 0 spiro atoms. The molecule has 1 rings (SSSR count). The van der Waals surface area contributed by atoms with Crippen LogP contribution in [0.15, 0.2) is 0 Å². The van der Waals surface area contributed by atoms with E-state index in [1.54, 1.807) is 0 Å². The number of hydrogen-bond acceptors (Lipinski definition) is 1. The number of unbranched alkanes of at least 4 members (excludes halogenated alkanes) is 6. The summed E-state index contributed by atoms with van der Waals surface area (Å²) in [4.78, 5) is 10.8. The van der Waals surface area contributed by atoms with Gasteiger partial charge in [0, 0.05) is 0 Å². The summed E-state index contributed by atoms with van der Waals surface area (Å²) in [6.45, 7) is 2.26. The standard InChI is InChI=1S/C16H30O2.ClH/c1-2-3-4-5-6-7-8-9-14-10-12-15(13-11-14)16(17)18;/h14-15H,2-13H2,1H3,(H,17,18);1H. The fourth-order valence-electron chi connectivity index (χ4n) is 3.09. The zero-order valence-electron chi connectivity index (χ0n) is 12.4. The second kappa shape index (κ2) is 11.6. The maximum absolute atomic E-state index is 10.8. The minimum Gasteiger partial charge on any atom is -0.481 e. The third-order valence-electron chi connectivity index (χ3n) is 4.41. The van der Waals surface area contributed by atoms with E-state index in [2.05, 4.69) is 6.92 Å². The fraction of sp³-hybridized carbons (Fsp3) is 0.938. The van der Waals surface area contributed by atoms with Gasteiger partial charge in [0.15, 0.2) is 0 Å². The maximum atomic E-state index is 10.8. The molecule has 0 amide bonds. The number of carbonyl (C=O) groups is 1. The van der Waals surface area contributed by atoms with Crippen LogP contribution in [0.2, 0.25) is 0 Å². The Bertz CT molecular complexity index is 223. The van der Waals surface area contributed by atoms with E-state index in [0.29, 0.717) is 0 Å². The first kappa shape index (κ1) is 18.8. The van der Waals surface area contributed by atoms with Gasteiger partial charge in [0.1, 0.15) is 0 Å². The van der Waals surface area contributed by atoms with Crippen LogP contribution in [0.3, 0.4) is 0 Å². The quantitative estimate of drug-likeness (QED) is 0.574. The third kappa shape index (κ3) is 8.52. The second-order valence-corrected chi connectivity index (χ2v) is 5.97. The molecule has 3 heteroatoms. The lowest BCUT2D eigenvalue weighted by molar-refractivity contribution is -0.143. The first-order valence-electron chi connectivity index (χ1n) is 7.96. The van der Waals surface area contributed by atoms with Gasteiger partial charge in [-0.15, -0.1) is 12.4 Å². The fourth-order valence-corrected chi connectivity index (χ4v) is 3.09. The zero-order valence-corrected chi connectivity index (χ0v) is 13.2. The molecule has 2 nitrogen and oxygen atoms in total. The number of halogens is 1. The Morgan fingerprint density at radius 2 is 1.47 bits per heavy atom. The summed E-state index contributed by atoms with van der Waals surface area (Å²) >= 11 is 0. The predicted molar refractivity (Wildman–Crippen MR) is 82.9 cm³/mol. The van der Waals surface area contributed by atoms with E-state index in [1.165, 1.54) is 51.4 Å². The van der Waals surface area contributed by atoms with Crippen molar-refractivity contribution in [3.63, 3.8) is 0 Å². The van der Waals surface area contributed by atoms with Crippen molar-refractivity contribution in [2.75, 3.05) is 0 Å². The number of aliphatic carboxylic acids is 1. The Balaban J connectivity index is 0.00000324. The molecular weight excluding hydrogens is 260 g/mol. The van der Waals surface area contributed by atoms with Gasteiger partial charge in [-0.25, -0.2) is 0 Å². The van der Waals surface area contributed by atoms with Gasteiger partial charge in [0.25, 0.3) is 0 Å². The van der Waals surface area contributed by atoms with Gasteiger partial charge < -0.3 is 5.11 Å². The van der Waals surface area contributed by atoms with Crippen molar-refractivity contribution in [2.24, 2.45) is 11.8 Å². The van der Waals surface area contributed by atoms with E-state index in [9.17, 15) is 4.79 Å². The first-order valence-corrected chi connectivity index (χ1v) is 7.96. The van der Waals surface area contributed by atoms with Gasteiger partial charge in [0.05, 0.1) is 5.92 Å². The Morgan fingerprint density at radius 3 is 2.00 bits per heavy atom. The molecule has 19 heavy (non-hydrogen) atoms. The molecule has 0 aromatic heterocycles. The second-order valence-electron chi connectivity index (χ2n) is 5.97. The van der Waals surface area contributed by atoms with Crippen LogP contribution in [0.25, 0.3) is 0 Å². The molecule has 114 valence electrons. The summed E-state index contributed by atoms with van der Waals surface area (Å²) in [5.74, 6) is 0.191. The molecule has 0 saturated heterocycles. The monoisotopic (exact) mass is 290 g/mol. The van der Waals surface area contributed by atoms with Crippen molar-refractivity contribution in [1.82, 2.24) is 0 Å². The highest BCUT2D eigenvalue weighted by atomic mass is 35.5. The summed E-state index contributed by atoms with van der Waals surface area (Å²) in [6, 6.07) is 0. The third-order valence-corrected chi connectivity index (χ3v) is 4.41. The molecule has 1 fully saturated rings. The van der Waals surface area contributed by atoms with Crippen LogP contribution in [0.4, 0.5) is 0 Å². The molecule has 0 unspecified atom stereocenters. The summed E-state index contributed by atoms with van der Waals surface area (Å²) in [6.07, 6.45) is 15.1. The van der Waals surface area contributed by atoms with Gasteiger partial charge in [-0.1, -0.05) is 58.3 Å². The lowest BCUT2D eigenvalue weighted by Crippen LogP contribution is -2.21.